The Bertz CT molecular complexity index is 2750. The molecule has 8 bridgehead atoms. The van der Waals surface area contributed by atoms with E-state index in [9.17, 15) is 0 Å². The highest BCUT2D eigenvalue weighted by Crippen LogP contribution is 2.45. The Morgan fingerprint density at radius 3 is 1.02 bits per heavy atom. The Kier molecular flexibility index (Phi) is 7.61. The minimum Gasteiger partial charge on any atom is -0.324 e. The van der Waals surface area contributed by atoms with Crippen molar-refractivity contribution in [3.05, 3.63) is 95.1 Å². The molecule has 0 radical (unpaired) electrons. The number of benzene rings is 4. The molecule has 282 valence electrons. The van der Waals surface area contributed by atoms with Crippen molar-refractivity contribution in [3.63, 3.8) is 0 Å². The molecule has 0 saturated heterocycles. The summed E-state index contributed by atoms with van der Waals surface area (Å²) in [5.41, 5.74) is 10.7. The normalized spacial score (nSPS) is 13.4. The lowest BCUT2D eigenvalue weighted by Crippen LogP contribution is -2.12. The van der Waals surface area contributed by atoms with Crippen molar-refractivity contribution in [2.75, 3.05) is 0 Å². The van der Waals surface area contributed by atoms with E-state index in [-0.39, 0.29) is 21.7 Å². The number of fused-ring (bicyclic) bond motifs is 20. The highest BCUT2D eigenvalue weighted by molar-refractivity contribution is 6.09. The van der Waals surface area contributed by atoms with E-state index in [1.165, 1.54) is 11.1 Å². The van der Waals surface area contributed by atoms with Crippen molar-refractivity contribution in [1.82, 2.24) is 39.9 Å². The molecule has 0 fully saturated rings. The van der Waals surface area contributed by atoms with Gasteiger partial charge in [-0.05, 0) is 43.9 Å². The van der Waals surface area contributed by atoms with E-state index < -0.39 is 0 Å². The third-order valence-electron chi connectivity index (χ3n) is 11.2. The fourth-order valence-electron chi connectivity index (χ4n) is 8.49. The van der Waals surface area contributed by atoms with Gasteiger partial charge in [0.15, 0.2) is 23.3 Å². The minimum absolute atomic E-state index is 0.168. The predicted molar refractivity (Wildman–Crippen MR) is 231 cm³/mol. The maximum Gasteiger partial charge on any atom is 0.165 e. The van der Waals surface area contributed by atoms with Gasteiger partial charge in [0.25, 0.3) is 0 Å². The lowest BCUT2D eigenvalue weighted by atomic mass is 9.82. The Balaban J connectivity index is 1.55. The third kappa shape index (κ3) is 5.63. The SMILES string of the molecule is CC(C)(C)c1cccc2c1-c1nc-2nc2[nH]c(nc3nc(nc4[nH]c(n1)c1cccc(C(C)(C)C)c41)-c1cccc(C(C)(C)C)c1-3)c1cccc(C(C)(C)C)c21. The standard InChI is InChI=1S/C48H50N8/c1-45(2,3)29-21-13-17-25-33(29)41-49-37(25)54-42-35-27(19-15-23-31(35)47(7,8)9)39(51-42)56-44-36-28(20-16-24-32(36)48(10,11)12)40(52-44)55-43-34-26(38(50-43)53-41)18-14-22-30(34)46(4,5)6/h13-24H,1-12H3,(H2,49,50,51,52,53,54,55,56). The van der Waals surface area contributed by atoms with Crippen molar-refractivity contribution in [2.45, 2.75) is 105 Å². The number of rotatable bonds is 0. The molecule has 56 heavy (non-hydrogen) atoms. The summed E-state index contributed by atoms with van der Waals surface area (Å²) in [6.07, 6.45) is 0. The van der Waals surface area contributed by atoms with Gasteiger partial charge in [0.05, 0.1) is 0 Å². The summed E-state index contributed by atoms with van der Waals surface area (Å²) >= 11 is 0. The van der Waals surface area contributed by atoms with Gasteiger partial charge >= 0.3 is 0 Å². The Morgan fingerprint density at radius 2 is 0.661 bits per heavy atom. The number of nitrogens with zero attached hydrogens (tertiary/aromatic N) is 6. The Labute approximate surface area is 328 Å². The van der Waals surface area contributed by atoms with Crippen molar-refractivity contribution >= 4 is 44.1 Å². The van der Waals surface area contributed by atoms with E-state index in [0.29, 0.717) is 45.9 Å². The molecule has 5 heterocycles. The van der Waals surface area contributed by atoms with Gasteiger partial charge in [-0.2, -0.15) is 0 Å². The minimum atomic E-state index is -0.175. The summed E-state index contributed by atoms with van der Waals surface area (Å²) in [6, 6.07) is 25.7. The largest absolute Gasteiger partial charge is 0.324 e. The van der Waals surface area contributed by atoms with Crippen LogP contribution >= 0.6 is 0 Å². The first-order chi connectivity index (χ1) is 26.3. The van der Waals surface area contributed by atoms with Crippen LogP contribution in [-0.4, -0.2) is 39.9 Å². The van der Waals surface area contributed by atoms with E-state index in [1.54, 1.807) is 0 Å². The Hall–Kier alpha value is -5.76. The average Bonchev–Trinajstić information content (AvgIpc) is 3.85. The maximum absolute atomic E-state index is 5.42. The van der Waals surface area contributed by atoms with Crippen LogP contribution in [0.2, 0.25) is 0 Å². The molecule has 2 N–H and O–H groups in total. The second-order valence-corrected chi connectivity index (χ2v) is 19.5. The van der Waals surface area contributed by atoms with Crippen LogP contribution in [0.4, 0.5) is 0 Å². The van der Waals surface area contributed by atoms with Crippen LogP contribution < -0.4 is 0 Å². The van der Waals surface area contributed by atoms with Gasteiger partial charge in [0, 0.05) is 43.8 Å². The van der Waals surface area contributed by atoms with E-state index >= 15 is 0 Å². The predicted octanol–water partition coefficient (Wildman–Crippen LogP) is 12.1. The number of hydrogen-bond acceptors (Lipinski definition) is 6. The molecule has 2 aliphatic heterocycles. The van der Waals surface area contributed by atoms with E-state index in [2.05, 4.69) is 166 Å². The molecule has 2 aliphatic rings. The van der Waals surface area contributed by atoms with E-state index in [0.717, 1.165) is 54.9 Å². The summed E-state index contributed by atoms with van der Waals surface area (Å²) in [4.78, 5) is 39.6. The van der Waals surface area contributed by atoms with Gasteiger partial charge in [0.1, 0.15) is 22.6 Å². The molecule has 4 aromatic carbocycles. The van der Waals surface area contributed by atoms with E-state index in [4.69, 9.17) is 29.9 Å². The average molecular weight is 739 g/mol. The summed E-state index contributed by atoms with van der Waals surface area (Å²) in [5, 5.41) is 4.01. The van der Waals surface area contributed by atoms with Crippen LogP contribution in [0.5, 0.6) is 0 Å². The quantitative estimate of drug-likeness (QED) is 0.160. The second-order valence-electron chi connectivity index (χ2n) is 19.5. The molecule has 0 saturated carbocycles. The molecule has 3 aromatic heterocycles. The maximum atomic E-state index is 5.42. The highest BCUT2D eigenvalue weighted by atomic mass is 15.1. The molecule has 9 rings (SSSR count). The fraction of sp³-hybridized carbons (Fsp3) is 0.333. The first kappa shape index (κ1) is 35.9. The first-order valence-electron chi connectivity index (χ1n) is 19.7. The first-order valence-corrected chi connectivity index (χ1v) is 19.7. The van der Waals surface area contributed by atoms with Crippen LogP contribution in [-0.2, 0) is 21.7 Å². The van der Waals surface area contributed by atoms with Gasteiger partial charge in [0.2, 0.25) is 0 Å². The number of H-pyrrole nitrogens is 2. The van der Waals surface area contributed by atoms with Crippen LogP contribution in [0.25, 0.3) is 89.7 Å². The zero-order valence-corrected chi connectivity index (χ0v) is 34.6. The molecule has 0 unspecified atom stereocenters. The zero-order chi connectivity index (χ0) is 39.7. The molecule has 0 amide bonds. The fourth-order valence-corrected chi connectivity index (χ4v) is 8.49. The number of nitrogens with one attached hydrogen (secondary N) is 2. The number of aromatic amines is 2. The molecule has 7 aromatic rings. The van der Waals surface area contributed by atoms with Gasteiger partial charge in [-0.1, -0.05) is 156 Å². The van der Waals surface area contributed by atoms with Gasteiger partial charge in [-0.25, -0.2) is 29.9 Å². The summed E-state index contributed by atoms with van der Waals surface area (Å²) in [6.45, 7) is 26.9. The number of hydrogen-bond donors (Lipinski definition) is 2. The zero-order valence-electron chi connectivity index (χ0n) is 34.6. The van der Waals surface area contributed by atoms with Crippen molar-refractivity contribution in [3.8, 4) is 45.6 Å². The molecule has 0 atom stereocenters. The van der Waals surface area contributed by atoms with Crippen LogP contribution in [0, 0.1) is 0 Å². The molecular weight excluding hydrogens is 689 g/mol. The summed E-state index contributed by atoms with van der Waals surface area (Å²) in [7, 11) is 0. The monoisotopic (exact) mass is 738 g/mol. The van der Waals surface area contributed by atoms with Gasteiger partial charge in [-0.15, -0.1) is 0 Å². The molecule has 8 nitrogen and oxygen atoms in total. The smallest absolute Gasteiger partial charge is 0.165 e. The number of aromatic nitrogens is 8. The van der Waals surface area contributed by atoms with Crippen LogP contribution in [0.3, 0.4) is 0 Å². The third-order valence-corrected chi connectivity index (χ3v) is 11.2. The lowest BCUT2D eigenvalue weighted by Gasteiger charge is -2.22. The van der Waals surface area contributed by atoms with Crippen molar-refractivity contribution in [2.24, 2.45) is 0 Å². The Morgan fingerprint density at radius 1 is 0.339 bits per heavy atom. The highest BCUT2D eigenvalue weighted by Gasteiger charge is 2.31. The summed E-state index contributed by atoms with van der Waals surface area (Å²) < 4.78 is 0. The van der Waals surface area contributed by atoms with Crippen molar-refractivity contribution < 1.29 is 0 Å². The second kappa shape index (κ2) is 11.9. The van der Waals surface area contributed by atoms with Gasteiger partial charge < -0.3 is 9.97 Å². The molecular formula is C48H50N8. The van der Waals surface area contributed by atoms with Crippen LogP contribution in [0.15, 0.2) is 72.8 Å². The topological polar surface area (TPSA) is 109 Å². The van der Waals surface area contributed by atoms with Crippen molar-refractivity contribution in [1.29, 1.82) is 0 Å². The van der Waals surface area contributed by atoms with Gasteiger partial charge in [-0.3, -0.25) is 0 Å². The van der Waals surface area contributed by atoms with E-state index in [1.807, 2.05) is 0 Å². The molecule has 0 aliphatic carbocycles. The molecule has 0 spiro atoms. The summed E-state index contributed by atoms with van der Waals surface area (Å²) in [5.74, 6) is 2.47. The van der Waals surface area contributed by atoms with Crippen LogP contribution in [0.1, 0.15) is 105 Å². The lowest BCUT2D eigenvalue weighted by molar-refractivity contribution is 0.591. The molecule has 8 heteroatoms.